The van der Waals surface area contributed by atoms with Gasteiger partial charge in [0.1, 0.15) is 17.2 Å². The van der Waals surface area contributed by atoms with Crippen LogP contribution in [-0.2, 0) is 23.8 Å². The van der Waals surface area contributed by atoms with E-state index >= 15 is 0 Å². The van der Waals surface area contributed by atoms with Crippen LogP contribution in [-0.4, -0.2) is 43.4 Å². The van der Waals surface area contributed by atoms with Crippen LogP contribution in [0, 0.1) is 19.8 Å². The summed E-state index contributed by atoms with van der Waals surface area (Å²) in [6, 6.07) is 14.6. The molecule has 230 valence electrons. The van der Waals surface area contributed by atoms with Crippen LogP contribution in [0.5, 0.6) is 11.5 Å². The van der Waals surface area contributed by atoms with Gasteiger partial charge in [-0.05, 0) is 80.9 Å². The lowest BCUT2D eigenvalue weighted by Gasteiger charge is -2.42. The van der Waals surface area contributed by atoms with Crippen molar-refractivity contribution in [2.24, 2.45) is 5.92 Å². The molecule has 2 atom stereocenters. The van der Waals surface area contributed by atoms with E-state index in [0.717, 1.165) is 53.1 Å². The Hall–Kier alpha value is -3.10. The third-order valence-corrected chi connectivity index (χ3v) is 13.3. The number of aromatic nitrogens is 2. The summed E-state index contributed by atoms with van der Waals surface area (Å²) in [4.78, 5) is 12.5. The van der Waals surface area contributed by atoms with Crippen molar-refractivity contribution in [2.45, 2.75) is 98.0 Å². The third-order valence-electron chi connectivity index (χ3n) is 8.86. The Morgan fingerprint density at radius 2 is 1.64 bits per heavy atom. The number of ether oxygens (including phenoxy) is 2. The number of methoxy groups -OCH3 is 2. The Balaban J connectivity index is 2.17. The van der Waals surface area contributed by atoms with Gasteiger partial charge in [-0.25, -0.2) is 4.79 Å². The number of carboxylic acid groups (broad SMARTS) is 1. The summed E-state index contributed by atoms with van der Waals surface area (Å²) in [5.74, 6) is 0.481. The fourth-order valence-corrected chi connectivity index (χ4v) is 6.71. The van der Waals surface area contributed by atoms with Gasteiger partial charge in [0.2, 0.25) is 0 Å². The zero-order valence-electron chi connectivity index (χ0n) is 27.2. The fourth-order valence-electron chi connectivity index (χ4n) is 5.39. The van der Waals surface area contributed by atoms with Crippen LogP contribution < -0.4 is 9.47 Å². The number of rotatable bonds is 14. The smallest absolute Gasteiger partial charge is 0.354 e. The van der Waals surface area contributed by atoms with Crippen LogP contribution in [0.15, 0.2) is 42.5 Å². The van der Waals surface area contributed by atoms with Gasteiger partial charge in [0.05, 0.1) is 26.0 Å². The molecule has 0 aliphatic carbocycles. The van der Waals surface area contributed by atoms with Gasteiger partial charge in [0.15, 0.2) is 8.32 Å². The highest BCUT2D eigenvalue weighted by molar-refractivity contribution is 6.74. The molecule has 0 bridgehead atoms. The first-order chi connectivity index (χ1) is 19.7. The van der Waals surface area contributed by atoms with Gasteiger partial charge >= 0.3 is 5.97 Å². The molecule has 3 aromatic rings. The summed E-state index contributed by atoms with van der Waals surface area (Å²) in [5, 5.41) is 15.0. The van der Waals surface area contributed by atoms with Gasteiger partial charge < -0.3 is 19.0 Å². The lowest BCUT2D eigenvalue weighted by molar-refractivity contribution is 0.0666. The zero-order valence-corrected chi connectivity index (χ0v) is 28.2. The van der Waals surface area contributed by atoms with Crippen molar-refractivity contribution in [3.8, 4) is 11.5 Å². The lowest BCUT2D eigenvalue weighted by atomic mass is 9.89. The number of nitrogens with zero attached hydrogens (tertiary/aromatic N) is 2. The van der Waals surface area contributed by atoms with Crippen molar-refractivity contribution < 1.29 is 23.8 Å². The average molecular weight is 595 g/mol. The van der Waals surface area contributed by atoms with Gasteiger partial charge in [0, 0.05) is 23.6 Å². The molecule has 1 N–H and O–H groups in total. The Kier molecular flexibility index (Phi) is 11.1. The normalized spacial score (nSPS) is 13.6. The van der Waals surface area contributed by atoms with Crippen molar-refractivity contribution in [3.05, 3.63) is 76.1 Å². The molecule has 0 amide bonds. The molecule has 2 aromatic carbocycles. The molecule has 0 aliphatic rings. The van der Waals surface area contributed by atoms with E-state index in [9.17, 15) is 9.90 Å². The third kappa shape index (κ3) is 7.64. The molecule has 0 saturated carbocycles. The minimum atomic E-state index is -2.28. The van der Waals surface area contributed by atoms with Crippen LogP contribution in [0.3, 0.4) is 0 Å². The first-order valence-electron chi connectivity index (χ1n) is 15.0. The standard InChI is InChI=1S/C34H50N2O5Si/c1-11-28-24(3)35-36(31(28)33(37)38)22-26(19-15-18-25-16-13-12-14-17-25)32(41-42(9,10)34(4,5)6)27-20-29(39-7)23(2)30(21-27)40-8/h12-14,16-17,20-21,26,32H,11,15,18-19,22H2,1-10H3,(H,37,38)/t26-,32?/m1/s1. The van der Waals surface area contributed by atoms with Crippen LogP contribution in [0.2, 0.25) is 18.1 Å². The predicted molar refractivity (Wildman–Crippen MR) is 171 cm³/mol. The molecule has 42 heavy (non-hydrogen) atoms. The predicted octanol–water partition coefficient (Wildman–Crippen LogP) is 8.18. The highest BCUT2D eigenvalue weighted by Gasteiger charge is 2.42. The van der Waals surface area contributed by atoms with E-state index in [1.807, 2.05) is 26.8 Å². The summed E-state index contributed by atoms with van der Waals surface area (Å²) in [5.41, 5.74) is 5.00. The summed E-state index contributed by atoms with van der Waals surface area (Å²) in [7, 11) is 1.06. The number of benzene rings is 2. The van der Waals surface area contributed by atoms with Crippen LogP contribution in [0.4, 0.5) is 0 Å². The highest BCUT2D eigenvalue weighted by Crippen LogP contribution is 2.45. The highest BCUT2D eigenvalue weighted by atomic mass is 28.4. The first-order valence-corrected chi connectivity index (χ1v) is 17.9. The Labute approximate surface area is 253 Å². The molecule has 1 aromatic heterocycles. The minimum absolute atomic E-state index is 0.0252. The maximum Gasteiger partial charge on any atom is 0.354 e. The number of carbonyl (C=O) groups is 1. The fraction of sp³-hybridized carbons (Fsp3) is 0.529. The van der Waals surface area contributed by atoms with Gasteiger partial charge in [0.25, 0.3) is 0 Å². The second-order valence-corrected chi connectivity index (χ2v) is 17.5. The summed E-state index contributed by atoms with van der Waals surface area (Å²) >= 11 is 0. The lowest BCUT2D eigenvalue weighted by Crippen LogP contribution is -2.43. The van der Waals surface area contributed by atoms with E-state index in [4.69, 9.17) is 19.0 Å². The largest absolute Gasteiger partial charge is 0.496 e. The molecule has 8 heteroatoms. The quantitative estimate of drug-likeness (QED) is 0.190. The molecule has 1 heterocycles. The second kappa shape index (κ2) is 13.9. The zero-order chi connectivity index (χ0) is 31.2. The summed E-state index contributed by atoms with van der Waals surface area (Å²) in [6.07, 6.45) is 2.97. The van der Waals surface area contributed by atoms with Crippen molar-refractivity contribution in [3.63, 3.8) is 0 Å². The molecule has 7 nitrogen and oxygen atoms in total. The van der Waals surface area contributed by atoms with E-state index in [-0.39, 0.29) is 22.8 Å². The molecule has 0 fully saturated rings. The van der Waals surface area contributed by atoms with Crippen molar-refractivity contribution in [1.82, 2.24) is 9.78 Å². The first kappa shape index (κ1) is 33.4. The average Bonchev–Trinajstić information content (AvgIpc) is 3.26. The van der Waals surface area contributed by atoms with Crippen LogP contribution >= 0.6 is 0 Å². The Bertz CT molecular complexity index is 1320. The molecule has 3 rings (SSSR count). The molecule has 0 spiro atoms. The Morgan fingerprint density at radius 1 is 1.05 bits per heavy atom. The van der Waals surface area contributed by atoms with Gasteiger partial charge in [-0.3, -0.25) is 4.68 Å². The number of hydrogen-bond acceptors (Lipinski definition) is 5. The van der Waals surface area contributed by atoms with Crippen molar-refractivity contribution >= 4 is 14.3 Å². The SMILES string of the molecule is CCc1c(C)nn(C[C@@H](CCCc2ccccc2)C(O[Si](C)(C)C(C)(C)C)c2cc(OC)c(C)c(OC)c2)c1C(=O)O. The van der Waals surface area contributed by atoms with Gasteiger partial charge in [-0.2, -0.15) is 5.10 Å². The van der Waals surface area contributed by atoms with E-state index in [0.29, 0.717) is 13.0 Å². The van der Waals surface area contributed by atoms with Crippen LogP contribution in [0.1, 0.15) is 85.1 Å². The summed E-state index contributed by atoms with van der Waals surface area (Å²) < 4.78 is 20.5. The number of aryl methyl sites for hydroxylation is 2. The molecular weight excluding hydrogens is 544 g/mol. The van der Waals surface area contributed by atoms with Crippen LogP contribution in [0.25, 0.3) is 0 Å². The monoisotopic (exact) mass is 594 g/mol. The van der Waals surface area contributed by atoms with E-state index < -0.39 is 14.3 Å². The maximum absolute atomic E-state index is 12.5. The maximum atomic E-state index is 12.5. The van der Waals surface area contributed by atoms with Gasteiger partial charge in [-0.15, -0.1) is 0 Å². The minimum Gasteiger partial charge on any atom is -0.496 e. The number of aromatic carboxylic acids is 1. The molecular formula is C34H50N2O5Si. The van der Waals surface area contributed by atoms with Gasteiger partial charge in [-0.1, -0.05) is 58.0 Å². The summed E-state index contributed by atoms with van der Waals surface area (Å²) in [6.45, 7) is 17.5. The molecule has 0 radical (unpaired) electrons. The molecule has 1 unspecified atom stereocenters. The topological polar surface area (TPSA) is 82.8 Å². The number of hydrogen-bond donors (Lipinski definition) is 1. The Morgan fingerprint density at radius 3 is 2.14 bits per heavy atom. The van der Waals surface area contributed by atoms with Crippen molar-refractivity contribution in [1.29, 1.82) is 0 Å². The molecule has 0 aliphatic heterocycles. The van der Waals surface area contributed by atoms with E-state index in [2.05, 4.69) is 70.3 Å². The molecule has 0 saturated heterocycles. The number of carboxylic acids is 1. The van der Waals surface area contributed by atoms with E-state index in [1.165, 1.54) is 5.56 Å². The second-order valence-electron chi connectivity index (χ2n) is 12.7. The van der Waals surface area contributed by atoms with Crippen molar-refractivity contribution in [2.75, 3.05) is 14.2 Å². The van der Waals surface area contributed by atoms with E-state index in [1.54, 1.807) is 18.9 Å².